The smallest absolute Gasteiger partial charge is 0.322 e. The van der Waals surface area contributed by atoms with Crippen LogP contribution in [0.3, 0.4) is 0 Å². The molecular weight excluding hydrogens is 268 g/mol. The number of esters is 1. The van der Waals surface area contributed by atoms with Gasteiger partial charge in [0, 0.05) is 26.2 Å². The van der Waals surface area contributed by atoms with E-state index in [1.165, 1.54) is 7.11 Å². The Balaban J connectivity index is 4.53. The van der Waals surface area contributed by atoms with E-state index in [9.17, 15) is 4.79 Å². The minimum Gasteiger partial charge on any atom is -0.468 e. The average Bonchev–Trinajstić information content (AvgIpc) is 2.51. The Morgan fingerprint density at radius 3 is 2.29 bits per heavy atom. The molecule has 0 amide bonds. The lowest BCUT2D eigenvalue weighted by molar-refractivity contribution is -0.143. The number of carbonyl (C=O) groups is 1. The van der Waals surface area contributed by atoms with Crippen LogP contribution in [-0.4, -0.2) is 63.4 Å². The zero-order chi connectivity index (χ0) is 16.1. The molecule has 0 spiro atoms. The van der Waals surface area contributed by atoms with Crippen LogP contribution in [0.1, 0.15) is 46.5 Å². The zero-order valence-corrected chi connectivity index (χ0v) is 14.5. The van der Waals surface area contributed by atoms with Gasteiger partial charge >= 0.3 is 5.97 Å². The van der Waals surface area contributed by atoms with Gasteiger partial charge in [-0.25, -0.2) is 0 Å². The predicted octanol–water partition coefficient (Wildman–Crippen LogP) is 2.05. The van der Waals surface area contributed by atoms with Crippen molar-refractivity contribution in [1.29, 1.82) is 0 Å². The summed E-state index contributed by atoms with van der Waals surface area (Å²) in [6, 6.07) is 0.332. The van der Waals surface area contributed by atoms with E-state index >= 15 is 0 Å². The Labute approximate surface area is 130 Å². The Bertz CT molecular complexity index is 258. The molecule has 0 saturated carbocycles. The van der Waals surface area contributed by atoms with Gasteiger partial charge in [-0.05, 0) is 32.2 Å². The predicted molar refractivity (Wildman–Crippen MR) is 86.5 cm³/mol. The first-order valence-electron chi connectivity index (χ1n) is 8.18. The maximum Gasteiger partial charge on any atom is 0.322 e. The molecule has 0 radical (unpaired) electrons. The lowest BCUT2D eigenvalue weighted by Gasteiger charge is -2.31. The third-order valence-corrected chi connectivity index (χ3v) is 3.87. The van der Waals surface area contributed by atoms with E-state index in [1.807, 2.05) is 0 Å². The largest absolute Gasteiger partial charge is 0.468 e. The molecule has 0 fully saturated rings. The van der Waals surface area contributed by atoms with Crippen LogP contribution in [0.25, 0.3) is 0 Å². The van der Waals surface area contributed by atoms with Crippen molar-refractivity contribution in [2.24, 2.45) is 0 Å². The fourth-order valence-corrected chi connectivity index (χ4v) is 2.55. The van der Waals surface area contributed by atoms with Crippen molar-refractivity contribution in [3.63, 3.8) is 0 Å². The van der Waals surface area contributed by atoms with Gasteiger partial charge in [0.25, 0.3) is 0 Å². The Hall–Kier alpha value is -0.650. The summed E-state index contributed by atoms with van der Waals surface area (Å²) in [4.78, 5) is 14.2. The molecule has 0 aliphatic heterocycles. The second kappa shape index (κ2) is 13.0. The molecule has 0 saturated heterocycles. The quantitative estimate of drug-likeness (QED) is 0.528. The van der Waals surface area contributed by atoms with Gasteiger partial charge in [0.2, 0.25) is 0 Å². The van der Waals surface area contributed by atoms with Crippen molar-refractivity contribution in [3.05, 3.63) is 0 Å². The SMILES string of the molecule is CCCNC(CCN(CCOC)C(CC)CC)C(=O)OC. The van der Waals surface area contributed by atoms with Crippen molar-refractivity contribution < 1.29 is 14.3 Å². The van der Waals surface area contributed by atoms with E-state index in [4.69, 9.17) is 9.47 Å². The van der Waals surface area contributed by atoms with Gasteiger partial charge in [-0.3, -0.25) is 9.69 Å². The molecule has 5 heteroatoms. The van der Waals surface area contributed by atoms with Crippen molar-refractivity contribution in [2.75, 3.05) is 40.5 Å². The van der Waals surface area contributed by atoms with Gasteiger partial charge in [-0.15, -0.1) is 0 Å². The normalized spacial score (nSPS) is 12.9. The van der Waals surface area contributed by atoms with Gasteiger partial charge in [-0.1, -0.05) is 20.8 Å². The summed E-state index contributed by atoms with van der Waals surface area (Å²) in [6.45, 7) is 9.86. The van der Waals surface area contributed by atoms with Gasteiger partial charge in [0.15, 0.2) is 0 Å². The van der Waals surface area contributed by atoms with E-state index in [-0.39, 0.29) is 12.0 Å². The highest BCUT2D eigenvalue weighted by Crippen LogP contribution is 2.10. The molecule has 0 aromatic carbocycles. The lowest BCUT2D eigenvalue weighted by Crippen LogP contribution is -2.44. The molecule has 1 unspecified atom stereocenters. The van der Waals surface area contributed by atoms with Crippen molar-refractivity contribution in [3.8, 4) is 0 Å². The van der Waals surface area contributed by atoms with E-state index in [0.29, 0.717) is 6.04 Å². The molecule has 21 heavy (non-hydrogen) atoms. The Morgan fingerprint density at radius 2 is 1.81 bits per heavy atom. The highest BCUT2D eigenvalue weighted by Gasteiger charge is 2.21. The van der Waals surface area contributed by atoms with Crippen LogP contribution < -0.4 is 5.32 Å². The summed E-state index contributed by atoms with van der Waals surface area (Å²) in [6.07, 6.45) is 4.01. The molecule has 0 aromatic heterocycles. The van der Waals surface area contributed by atoms with Crippen molar-refractivity contribution in [2.45, 2.75) is 58.5 Å². The van der Waals surface area contributed by atoms with Crippen LogP contribution in [0.5, 0.6) is 0 Å². The van der Waals surface area contributed by atoms with Crippen LogP contribution in [0.15, 0.2) is 0 Å². The number of rotatable bonds is 13. The summed E-state index contributed by atoms with van der Waals surface area (Å²) >= 11 is 0. The van der Waals surface area contributed by atoms with Crippen LogP contribution in [0.4, 0.5) is 0 Å². The zero-order valence-electron chi connectivity index (χ0n) is 14.5. The van der Waals surface area contributed by atoms with Crippen molar-refractivity contribution >= 4 is 5.97 Å². The number of nitrogens with zero attached hydrogens (tertiary/aromatic N) is 1. The standard InChI is InChI=1S/C16H34N2O3/c1-6-10-17-15(16(19)21-5)9-11-18(12-13-20-4)14(7-2)8-3/h14-15,17H,6-13H2,1-5H3. The molecule has 1 N–H and O–H groups in total. The molecular formula is C16H34N2O3. The number of methoxy groups -OCH3 is 2. The molecule has 126 valence electrons. The number of hydrogen-bond acceptors (Lipinski definition) is 5. The molecule has 0 bridgehead atoms. The summed E-state index contributed by atoms with van der Waals surface area (Å²) < 4.78 is 10.1. The second-order valence-corrected chi connectivity index (χ2v) is 5.32. The fraction of sp³-hybridized carbons (Fsp3) is 0.938. The highest BCUT2D eigenvalue weighted by molar-refractivity contribution is 5.75. The first-order chi connectivity index (χ1) is 10.1. The molecule has 0 rings (SSSR count). The lowest BCUT2D eigenvalue weighted by atomic mass is 10.1. The van der Waals surface area contributed by atoms with Gasteiger partial charge in [-0.2, -0.15) is 0 Å². The first kappa shape index (κ1) is 20.3. The summed E-state index contributed by atoms with van der Waals surface area (Å²) in [7, 11) is 3.18. The average molecular weight is 302 g/mol. The molecule has 5 nitrogen and oxygen atoms in total. The van der Waals surface area contributed by atoms with Gasteiger partial charge in [0.05, 0.1) is 13.7 Å². The van der Waals surface area contributed by atoms with Crippen LogP contribution in [0, 0.1) is 0 Å². The third kappa shape index (κ3) is 8.39. The monoisotopic (exact) mass is 302 g/mol. The molecule has 0 heterocycles. The van der Waals surface area contributed by atoms with E-state index in [2.05, 4.69) is 31.0 Å². The fourth-order valence-electron chi connectivity index (χ4n) is 2.55. The third-order valence-electron chi connectivity index (χ3n) is 3.87. The minimum atomic E-state index is -0.214. The van der Waals surface area contributed by atoms with E-state index in [1.54, 1.807) is 7.11 Å². The van der Waals surface area contributed by atoms with E-state index < -0.39 is 0 Å². The maximum atomic E-state index is 11.8. The highest BCUT2D eigenvalue weighted by atomic mass is 16.5. The number of nitrogens with one attached hydrogen (secondary N) is 1. The van der Waals surface area contributed by atoms with Crippen LogP contribution in [0.2, 0.25) is 0 Å². The van der Waals surface area contributed by atoms with Crippen LogP contribution >= 0.6 is 0 Å². The van der Waals surface area contributed by atoms with Crippen molar-refractivity contribution in [1.82, 2.24) is 10.2 Å². The van der Waals surface area contributed by atoms with E-state index in [0.717, 1.165) is 51.9 Å². The first-order valence-corrected chi connectivity index (χ1v) is 8.18. The maximum absolute atomic E-state index is 11.8. The number of ether oxygens (including phenoxy) is 2. The molecule has 0 aliphatic carbocycles. The molecule has 1 atom stereocenters. The van der Waals surface area contributed by atoms with Crippen LogP contribution in [-0.2, 0) is 14.3 Å². The second-order valence-electron chi connectivity index (χ2n) is 5.32. The van der Waals surface area contributed by atoms with Gasteiger partial charge in [0.1, 0.15) is 6.04 Å². The molecule has 0 aliphatic rings. The minimum absolute atomic E-state index is 0.167. The summed E-state index contributed by atoms with van der Waals surface area (Å²) in [5, 5.41) is 3.27. The Morgan fingerprint density at radius 1 is 1.14 bits per heavy atom. The molecule has 0 aromatic rings. The number of carbonyl (C=O) groups excluding carboxylic acids is 1. The summed E-state index contributed by atoms with van der Waals surface area (Å²) in [5.41, 5.74) is 0. The number of hydrogen-bond donors (Lipinski definition) is 1. The summed E-state index contributed by atoms with van der Waals surface area (Å²) in [5.74, 6) is -0.167. The Kier molecular flexibility index (Phi) is 12.6. The topological polar surface area (TPSA) is 50.8 Å². The van der Waals surface area contributed by atoms with Gasteiger partial charge < -0.3 is 14.8 Å².